The van der Waals surface area contributed by atoms with Crippen molar-refractivity contribution in [1.29, 1.82) is 0 Å². The maximum Gasteiger partial charge on any atom is 0.247 e. The van der Waals surface area contributed by atoms with Crippen LogP contribution in [0.1, 0.15) is 5.69 Å². The lowest BCUT2D eigenvalue weighted by Gasteiger charge is -2.05. The standard InChI is InChI=1S/C18H19N7O/c1-12-10-16(24(3)21-12)20-17(26)11-25-9-8-14(22-25)18-19-13-6-4-5-7-15(13)23(18)2/h4-10H,11H2,1-3H3,(H,20,26). The summed E-state index contributed by atoms with van der Waals surface area (Å²) in [5.74, 6) is 1.27. The minimum atomic E-state index is -0.160. The van der Waals surface area contributed by atoms with Crippen molar-refractivity contribution in [2.45, 2.75) is 13.5 Å². The van der Waals surface area contributed by atoms with Crippen molar-refractivity contribution in [3.63, 3.8) is 0 Å². The summed E-state index contributed by atoms with van der Waals surface area (Å²) < 4.78 is 5.24. The van der Waals surface area contributed by atoms with Gasteiger partial charge in [0.1, 0.15) is 18.1 Å². The zero-order chi connectivity index (χ0) is 18.3. The van der Waals surface area contributed by atoms with E-state index < -0.39 is 0 Å². The molecule has 1 N–H and O–H groups in total. The number of fused-ring (bicyclic) bond motifs is 1. The van der Waals surface area contributed by atoms with E-state index in [1.54, 1.807) is 22.6 Å². The molecule has 0 aliphatic rings. The number of hydrogen-bond donors (Lipinski definition) is 1. The fraction of sp³-hybridized carbons (Fsp3) is 0.222. The SMILES string of the molecule is Cc1cc(NC(=O)Cn2ccc(-c3nc4ccccc4n3C)n2)n(C)n1. The largest absolute Gasteiger partial charge is 0.326 e. The number of nitrogens with one attached hydrogen (secondary N) is 1. The van der Waals surface area contributed by atoms with Crippen molar-refractivity contribution in [1.82, 2.24) is 29.1 Å². The van der Waals surface area contributed by atoms with E-state index in [2.05, 4.69) is 20.5 Å². The van der Waals surface area contributed by atoms with Gasteiger partial charge in [-0.1, -0.05) is 12.1 Å². The van der Waals surface area contributed by atoms with Gasteiger partial charge in [0, 0.05) is 26.4 Å². The van der Waals surface area contributed by atoms with Crippen molar-refractivity contribution in [2.24, 2.45) is 14.1 Å². The third kappa shape index (κ3) is 2.85. The average Bonchev–Trinajstić information content (AvgIpc) is 3.27. The number of para-hydroxylation sites is 2. The van der Waals surface area contributed by atoms with Gasteiger partial charge in [0.2, 0.25) is 5.91 Å². The number of aryl methyl sites for hydroxylation is 3. The van der Waals surface area contributed by atoms with Crippen molar-refractivity contribution in [3.8, 4) is 11.5 Å². The molecule has 4 rings (SSSR count). The van der Waals surface area contributed by atoms with Crippen LogP contribution >= 0.6 is 0 Å². The van der Waals surface area contributed by atoms with Crippen LogP contribution in [0.15, 0.2) is 42.6 Å². The number of benzene rings is 1. The Morgan fingerprint density at radius 3 is 2.69 bits per heavy atom. The highest BCUT2D eigenvalue weighted by Crippen LogP contribution is 2.22. The highest BCUT2D eigenvalue weighted by molar-refractivity contribution is 5.89. The van der Waals surface area contributed by atoms with E-state index in [1.807, 2.05) is 54.9 Å². The topological polar surface area (TPSA) is 82.6 Å². The summed E-state index contributed by atoms with van der Waals surface area (Å²) in [5, 5.41) is 11.6. The Labute approximate surface area is 150 Å². The fourth-order valence-corrected chi connectivity index (χ4v) is 3.00. The second kappa shape index (κ2) is 6.14. The molecule has 0 bridgehead atoms. The van der Waals surface area contributed by atoms with Crippen molar-refractivity contribution in [3.05, 3.63) is 48.3 Å². The molecule has 26 heavy (non-hydrogen) atoms. The smallest absolute Gasteiger partial charge is 0.247 e. The van der Waals surface area contributed by atoms with E-state index in [0.29, 0.717) is 5.82 Å². The normalized spacial score (nSPS) is 11.2. The maximum absolute atomic E-state index is 12.3. The summed E-state index contributed by atoms with van der Waals surface area (Å²) in [6.07, 6.45) is 1.78. The molecule has 0 saturated heterocycles. The van der Waals surface area contributed by atoms with Gasteiger partial charge in [-0.25, -0.2) is 4.98 Å². The van der Waals surface area contributed by atoms with Crippen LogP contribution in [-0.4, -0.2) is 35.0 Å². The van der Waals surface area contributed by atoms with Gasteiger partial charge in [-0.2, -0.15) is 10.2 Å². The lowest BCUT2D eigenvalue weighted by Crippen LogP contribution is -2.20. The molecule has 0 fully saturated rings. The number of aromatic nitrogens is 6. The van der Waals surface area contributed by atoms with Gasteiger partial charge in [0.15, 0.2) is 5.82 Å². The van der Waals surface area contributed by atoms with E-state index in [1.165, 1.54) is 0 Å². The van der Waals surface area contributed by atoms with Crippen LogP contribution in [0.3, 0.4) is 0 Å². The Bertz CT molecular complexity index is 1100. The summed E-state index contributed by atoms with van der Waals surface area (Å²) in [6.45, 7) is 2.00. The van der Waals surface area contributed by atoms with Crippen LogP contribution in [0.5, 0.6) is 0 Å². The molecule has 1 amide bonds. The molecule has 8 heteroatoms. The Hall–Kier alpha value is -3.42. The number of imidazole rings is 1. The number of anilines is 1. The number of rotatable bonds is 4. The molecule has 0 radical (unpaired) electrons. The Kier molecular flexibility index (Phi) is 3.80. The van der Waals surface area contributed by atoms with Gasteiger partial charge in [0.05, 0.1) is 16.7 Å². The number of carbonyl (C=O) groups excluding carboxylic acids is 1. The summed E-state index contributed by atoms with van der Waals surface area (Å²) in [4.78, 5) is 16.9. The Morgan fingerprint density at radius 1 is 1.15 bits per heavy atom. The van der Waals surface area contributed by atoms with Crippen LogP contribution < -0.4 is 5.32 Å². The van der Waals surface area contributed by atoms with Crippen LogP contribution in [0.4, 0.5) is 5.82 Å². The minimum Gasteiger partial charge on any atom is -0.326 e. The maximum atomic E-state index is 12.3. The molecule has 0 aliphatic heterocycles. The quantitative estimate of drug-likeness (QED) is 0.612. The third-order valence-electron chi connectivity index (χ3n) is 4.23. The van der Waals surface area contributed by atoms with Crippen LogP contribution in [0.25, 0.3) is 22.6 Å². The molecule has 0 aliphatic carbocycles. The first-order valence-corrected chi connectivity index (χ1v) is 8.27. The highest BCUT2D eigenvalue weighted by atomic mass is 16.2. The third-order valence-corrected chi connectivity index (χ3v) is 4.23. The fourth-order valence-electron chi connectivity index (χ4n) is 3.00. The molecule has 0 atom stereocenters. The van der Waals surface area contributed by atoms with Gasteiger partial charge < -0.3 is 9.88 Å². The first-order valence-electron chi connectivity index (χ1n) is 8.27. The van der Waals surface area contributed by atoms with E-state index in [0.717, 1.165) is 28.2 Å². The molecular weight excluding hydrogens is 330 g/mol. The van der Waals surface area contributed by atoms with Gasteiger partial charge in [0.25, 0.3) is 0 Å². The molecule has 0 spiro atoms. The van der Waals surface area contributed by atoms with E-state index >= 15 is 0 Å². The second-order valence-corrected chi connectivity index (χ2v) is 6.22. The lowest BCUT2D eigenvalue weighted by molar-refractivity contribution is -0.116. The molecule has 1 aromatic carbocycles. The number of carbonyl (C=O) groups is 1. The highest BCUT2D eigenvalue weighted by Gasteiger charge is 2.13. The van der Waals surface area contributed by atoms with E-state index in [9.17, 15) is 4.79 Å². The summed E-state index contributed by atoms with van der Waals surface area (Å²) in [6, 6.07) is 11.6. The molecule has 3 heterocycles. The van der Waals surface area contributed by atoms with Gasteiger partial charge >= 0.3 is 0 Å². The van der Waals surface area contributed by atoms with E-state index in [-0.39, 0.29) is 12.5 Å². The molecular formula is C18H19N7O. The number of nitrogens with zero attached hydrogens (tertiary/aromatic N) is 6. The summed E-state index contributed by atoms with van der Waals surface area (Å²) >= 11 is 0. The average molecular weight is 349 g/mol. The van der Waals surface area contributed by atoms with E-state index in [4.69, 9.17) is 0 Å². The zero-order valence-corrected chi connectivity index (χ0v) is 14.8. The second-order valence-electron chi connectivity index (χ2n) is 6.22. The lowest BCUT2D eigenvalue weighted by atomic mass is 10.3. The predicted molar refractivity (Wildman–Crippen MR) is 98.5 cm³/mol. The van der Waals surface area contributed by atoms with Crippen molar-refractivity contribution < 1.29 is 4.79 Å². The Morgan fingerprint density at radius 2 is 1.96 bits per heavy atom. The van der Waals surface area contributed by atoms with Crippen LogP contribution in [-0.2, 0) is 25.4 Å². The van der Waals surface area contributed by atoms with Gasteiger partial charge in [-0.05, 0) is 25.1 Å². The monoisotopic (exact) mass is 349 g/mol. The molecule has 3 aromatic heterocycles. The van der Waals surface area contributed by atoms with Crippen molar-refractivity contribution >= 4 is 22.8 Å². The first-order chi connectivity index (χ1) is 12.5. The summed E-state index contributed by atoms with van der Waals surface area (Å²) in [7, 11) is 3.75. The molecule has 0 unspecified atom stereocenters. The first kappa shape index (κ1) is 16.1. The molecule has 0 saturated carbocycles. The van der Waals surface area contributed by atoms with Gasteiger partial charge in [-0.3, -0.25) is 14.2 Å². The Balaban J connectivity index is 1.53. The number of hydrogen-bond acceptors (Lipinski definition) is 4. The number of amides is 1. The minimum absolute atomic E-state index is 0.119. The predicted octanol–water partition coefficient (Wildman–Crippen LogP) is 2.12. The molecule has 8 nitrogen and oxygen atoms in total. The molecule has 4 aromatic rings. The summed E-state index contributed by atoms with van der Waals surface area (Å²) in [5.41, 5.74) is 3.55. The van der Waals surface area contributed by atoms with Crippen molar-refractivity contribution in [2.75, 3.05) is 5.32 Å². The van der Waals surface area contributed by atoms with Crippen LogP contribution in [0.2, 0.25) is 0 Å². The van der Waals surface area contributed by atoms with Crippen LogP contribution in [0, 0.1) is 6.92 Å². The zero-order valence-electron chi connectivity index (χ0n) is 14.8. The van der Waals surface area contributed by atoms with Gasteiger partial charge in [-0.15, -0.1) is 0 Å². The molecule has 132 valence electrons.